The molecule has 0 radical (unpaired) electrons. The first kappa shape index (κ1) is 24.4. The largest absolute Gasteiger partial charge is 0.497 e. The molecule has 2 fully saturated rings. The van der Waals surface area contributed by atoms with Crippen molar-refractivity contribution in [2.45, 2.75) is 31.5 Å². The number of piperazine rings is 1. The molecule has 2 atom stereocenters. The molecule has 0 saturated carbocycles. The summed E-state index contributed by atoms with van der Waals surface area (Å²) in [4.78, 5) is 4.70. The molecule has 2 unspecified atom stereocenters. The van der Waals surface area contributed by atoms with Crippen molar-refractivity contribution in [1.29, 1.82) is 0 Å². The predicted molar refractivity (Wildman–Crippen MR) is 129 cm³/mol. The van der Waals surface area contributed by atoms with Crippen LogP contribution in [0, 0.1) is 5.82 Å². The smallest absolute Gasteiger partial charge is 0.173 e. The van der Waals surface area contributed by atoms with Gasteiger partial charge < -0.3 is 14.4 Å². The van der Waals surface area contributed by atoms with Crippen molar-refractivity contribution < 1.29 is 13.9 Å². The highest BCUT2D eigenvalue weighted by molar-refractivity contribution is 5.85. The van der Waals surface area contributed by atoms with E-state index in [2.05, 4.69) is 37.5 Å². The van der Waals surface area contributed by atoms with E-state index >= 15 is 0 Å². The highest BCUT2D eigenvalue weighted by Crippen LogP contribution is 2.31. The van der Waals surface area contributed by atoms with Crippen molar-refractivity contribution in [2.75, 3.05) is 44.8 Å². The summed E-state index contributed by atoms with van der Waals surface area (Å²) in [7, 11) is 1.67. The Morgan fingerprint density at radius 3 is 2.44 bits per heavy atom. The van der Waals surface area contributed by atoms with E-state index < -0.39 is 0 Å². The standard InChI is InChI=1S/C24H29FN6O2.ClH/c1-32-21-10-4-18(5-11-21)23(24-26-27-28-31(24)17-22-3-2-16-33-22)30-14-12-29(13-15-30)20-8-6-19(25)7-9-20;/h4-11,22-23H,2-3,12-17H2,1H3;1H. The fourth-order valence-corrected chi connectivity index (χ4v) is 4.72. The summed E-state index contributed by atoms with van der Waals surface area (Å²) in [6.45, 7) is 4.80. The van der Waals surface area contributed by atoms with Gasteiger partial charge in [0.15, 0.2) is 5.82 Å². The SMILES string of the molecule is COc1ccc(C(c2nnnn2CC2CCCO2)N2CCN(c3ccc(F)cc3)CC2)cc1.Cl. The van der Waals surface area contributed by atoms with Gasteiger partial charge in [-0.15, -0.1) is 17.5 Å². The zero-order valence-corrected chi connectivity index (χ0v) is 20.0. The van der Waals surface area contributed by atoms with Gasteiger partial charge in [-0.25, -0.2) is 9.07 Å². The van der Waals surface area contributed by atoms with Crippen LogP contribution in [0.2, 0.25) is 0 Å². The molecule has 182 valence electrons. The Bertz CT molecular complexity index is 1030. The Morgan fingerprint density at radius 2 is 1.79 bits per heavy atom. The molecule has 0 N–H and O–H groups in total. The number of nitrogens with zero attached hydrogens (tertiary/aromatic N) is 6. The monoisotopic (exact) mass is 488 g/mol. The number of benzene rings is 2. The maximum absolute atomic E-state index is 13.3. The van der Waals surface area contributed by atoms with Crippen LogP contribution < -0.4 is 9.64 Å². The first-order valence-electron chi connectivity index (χ1n) is 11.5. The van der Waals surface area contributed by atoms with E-state index in [0.717, 1.165) is 68.5 Å². The Kier molecular flexibility index (Phi) is 7.97. The molecule has 2 aromatic carbocycles. The third-order valence-electron chi connectivity index (χ3n) is 6.51. The zero-order chi connectivity index (χ0) is 22.6. The van der Waals surface area contributed by atoms with E-state index in [4.69, 9.17) is 9.47 Å². The number of hydrogen-bond donors (Lipinski definition) is 0. The quantitative estimate of drug-likeness (QED) is 0.505. The van der Waals surface area contributed by atoms with Gasteiger partial charge in [-0.3, -0.25) is 4.90 Å². The summed E-state index contributed by atoms with van der Waals surface area (Å²) >= 11 is 0. The van der Waals surface area contributed by atoms with E-state index in [-0.39, 0.29) is 30.4 Å². The van der Waals surface area contributed by atoms with Crippen LogP contribution >= 0.6 is 12.4 Å². The maximum Gasteiger partial charge on any atom is 0.173 e. The molecular formula is C24H30ClFN6O2. The lowest BCUT2D eigenvalue weighted by atomic mass is 10.0. The minimum absolute atomic E-state index is 0. The molecule has 10 heteroatoms. The number of rotatable bonds is 7. The van der Waals surface area contributed by atoms with Crippen LogP contribution in [-0.4, -0.2) is 71.1 Å². The zero-order valence-electron chi connectivity index (χ0n) is 19.2. The van der Waals surface area contributed by atoms with Crippen LogP contribution in [0.25, 0.3) is 0 Å². The van der Waals surface area contributed by atoms with Gasteiger partial charge in [0.25, 0.3) is 0 Å². The lowest BCUT2D eigenvalue weighted by Crippen LogP contribution is -2.48. The summed E-state index contributed by atoms with van der Waals surface area (Å²) in [5.74, 6) is 1.43. The van der Waals surface area contributed by atoms with Crippen molar-refractivity contribution in [1.82, 2.24) is 25.1 Å². The third kappa shape index (κ3) is 5.32. The number of halogens is 2. The van der Waals surface area contributed by atoms with Crippen LogP contribution in [0.15, 0.2) is 48.5 Å². The molecular weight excluding hydrogens is 459 g/mol. The van der Waals surface area contributed by atoms with E-state index in [1.807, 2.05) is 28.9 Å². The molecule has 2 aliphatic heterocycles. The summed E-state index contributed by atoms with van der Waals surface area (Å²) in [6.07, 6.45) is 2.26. The highest BCUT2D eigenvalue weighted by atomic mass is 35.5. The lowest BCUT2D eigenvalue weighted by molar-refractivity contribution is 0.0906. The third-order valence-corrected chi connectivity index (χ3v) is 6.51. The van der Waals surface area contributed by atoms with Crippen LogP contribution in [0.3, 0.4) is 0 Å². The van der Waals surface area contributed by atoms with Crippen molar-refractivity contribution in [3.63, 3.8) is 0 Å². The molecule has 0 bridgehead atoms. The Labute approximate surface area is 205 Å². The fourth-order valence-electron chi connectivity index (χ4n) is 4.72. The normalized spacial score (nSPS) is 19.6. The average Bonchev–Trinajstić information content (AvgIpc) is 3.54. The van der Waals surface area contributed by atoms with Gasteiger partial charge in [0.05, 0.1) is 25.8 Å². The second-order valence-corrected chi connectivity index (χ2v) is 8.53. The number of anilines is 1. The summed E-state index contributed by atoms with van der Waals surface area (Å²) in [5.41, 5.74) is 2.16. The number of tetrazole rings is 1. The Balaban J connectivity index is 0.00000274. The molecule has 3 aromatic rings. The van der Waals surface area contributed by atoms with Gasteiger partial charge in [-0.1, -0.05) is 12.1 Å². The second kappa shape index (κ2) is 11.1. The number of ether oxygens (including phenoxy) is 2. The first-order chi connectivity index (χ1) is 16.2. The Hall–Kier alpha value is -2.75. The maximum atomic E-state index is 13.3. The molecule has 3 heterocycles. The van der Waals surface area contributed by atoms with E-state index in [1.165, 1.54) is 12.1 Å². The van der Waals surface area contributed by atoms with Gasteiger partial charge in [-0.2, -0.15) is 0 Å². The van der Waals surface area contributed by atoms with Crippen molar-refractivity contribution in [3.05, 3.63) is 65.7 Å². The summed E-state index contributed by atoms with van der Waals surface area (Å²) in [5, 5.41) is 12.8. The minimum Gasteiger partial charge on any atom is -0.497 e. The molecule has 0 aliphatic carbocycles. The van der Waals surface area contributed by atoms with E-state index in [1.54, 1.807) is 7.11 Å². The number of methoxy groups -OCH3 is 1. The molecule has 2 aliphatic rings. The lowest BCUT2D eigenvalue weighted by Gasteiger charge is -2.40. The molecule has 0 spiro atoms. The van der Waals surface area contributed by atoms with Crippen LogP contribution in [0.4, 0.5) is 10.1 Å². The number of aromatic nitrogens is 4. The van der Waals surface area contributed by atoms with Crippen LogP contribution in [0.1, 0.15) is 30.3 Å². The molecule has 34 heavy (non-hydrogen) atoms. The molecule has 1 aromatic heterocycles. The molecule has 2 saturated heterocycles. The van der Waals surface area contributed by atoms with Crippen LogP contribution in [-0.2, 0) is 11.3 Å². The van der Waals surface area contributed by atoms with Gasteiger partial charge in [0, 0.05) is 38.5 Å². The van der Waals surface area contributed by atoms with Crippen molar-refractivity contribution in [3.8, 4) is 5.75 Å². The van der Waals surface area contributed by atoms with E-state index in [0.29, 0.717) is 6.54 Å². The van der Waals surface area contributed by atoms with Gasteiger partial charge in [0.1, 0.15) is 11.6 Å². The van der Waals surface area contributed by atoms with Crippen molar-refractivity contribution in [2.24, 2.45) is 0 Å². The predicted octanol–water partition coefficient (Wildman–Crippen LogP) is 3.33. The Morgan fingerprint density at radius 1 is 1.06 bits per heavy atom. The molecule has 0 amide bonds. The van der Waals surface area contributed by atoms with Crippen molar-refractivity contribution >= 4 is 18.1 Å². The minimum atomic E-state index is -0.213. The second-order valence-electron chi connectivity index (χ2n) is 8.53. The average molecular weight is 489 g/mol. The molecule has 5 rings (SSSR count). The summed E-state index contributed by atoms with van der Waals surface area (Å²) in [6, 6.07) is 14.8. The molecule has 8 nitrogen and oxygen atoms in total. The van der Waals surface area contributed by atoms with Gasteiger partial charge >= 0.3 is 0 Å². The van der Waals surface area contributed by atoms with E-state index in [9.17, 15) is 4.39 Å². The summed E-state index contributed by atoms with van der Waals surface area (Å²) < 4.78 is 26.4. The number of hydrogen-bond acceptors (Lipinski definition) is 7. The van der Waals surface area contributed by atoms with Gasteiger partial charge in [-0.05, 0) is 65.2 Å². The van der Waals surface area contributed by atoms with Gasteiger partial charge in [0.2, 0.25) is 0 Å². The van der Waals surface area contributed by atoms with Crippen LogP contribution in [0.5, 0.6) is 5.75 Å². The fraction of sp³-hybridized carbons (Fsp3) is 0.458. The topological polar surface area (TPSA) is 68.5 Å². The highest BCUT2D eigenvalue weighted by Gasteiger charge is 2.31. The first-order valence-corrected chi connectivity index (χ1v) is 11.5.